The topological polar surface area (TPSA) is 50.7 Å². The SMILES string of the molecule is ONCc1cc(Br)c2c(c1)OCCO2. The first-order valence-corrected chi connectivity index (χ1v) is 5.05. The summed E-state index contributed by atoms with van der Waals surface area (Å²) < 4.78 is 11.7. The van der Waals surface area contributed by atoms with E-state index in [9.17, 15) is 0 Å². The third-order valence-electron chi connectivity index (χ3n) is 1.94. The first kappa shape index (κ1) is 9.76. The van der Waals surface area contributed by atoms with Gasteiger partial charge in [0.05, 0.1) is 4.47 Å². The van der Waals surface area contributed by atoms with Gasteiger partial charge in [-0.05, 0) is 33.6 Å². The van der Waals surface area contributed by atoms with Crippen molar-refractivity contribution in [2.75, 3.05) is 13.2 Å². The van der Waals surface area contributed by atoms with Gasteiger partial charge in [-0.2, -0.15) is 0 Å². The summed E-state index contributed by atoms with van der Waals surface area (Å²) >= 11 is 3.39. The minimum absolute atomic E-state index is 0.384. The zero-order valence-corrected chi connectivity index (χ0v) is 9.00. The Morgan fingerprint density at radius 1 is 1.36 bits per heavy atom. The van der Waals surface area contributed by atoms with Gasteiger partial charge in [-0.3, -0.25) is 0 Å². The van der Waals surface area contributed by atoms with Crippen LogP contribution in [0.2, 0.25) is 0 Å². The van der Waals surface area contributed by atoms with E-state index in [1.54, 1.807) is 0 Å². The number of halogens is 1. The molecule has 4 nitrogen and oxygen atoms in total. The first-order chi connectivity index (χ1) is 6.81. The Hall–Kier alpha value is -0.780. The maximum Gasteiger partial charge on any atom is 0.175 e. The maximum atomic E-state index is 8.58. The van der Waals surface area contributed by atoms with Crippen molar-refractivity contribution in [3.63, 3.8) is 0 Å². The lowest BCUT2D eigenvalue weighted by Gasteiger charge is -2.20. The molecule has 2 N–H and O–H groups in total. The van der Waals surface area contributed by atoms with E-state index in [4.69, 9.17) is 14.7 Å². The number of rotatable bonds is 2. The van der Waals surface area contributed by atoms with Crippen molar-refractivity contribution < 1.29 is 14.7 Å². The van der Waals surface area contributed by atoms with Crippen molar-refractivity contribution >= 4 is 15.9 Å². The predicted octanol–water partition coefficient (Wildman–Crippen LogP) is 1.70. The Labute approximate surface area is 89.9 Å². The molecule has 0 spiro atoms. The monoisotopic (exact) mass is 259 g/mol. The van der Waals surface area contributed by atoms with Gasteiger partial charge in [0, 0.05) is 6.54 Å². The van der Waals surface area contributed by atoms with Crippen LogP contribution < -0.4 is 15.0 Å². The Morgan fingerprint density at radius 3 is 2.93 bits per heavy atom. The van der Waals surface area contributed by atoms with E-state index in [1.807, 2.05) is 12.1 Å². The molecule has 0 bridgehead atoms. The molecule has 0 radical (unpaired) electrons. The zero-order chi connectivity index (χ0) is 9.97. The number of hydrogen-bond donors (Lipinski definition) is 2. The fraction of sp³-hybridized carbons (Fsp3) is 0.333. The van der Waals surface area contributed by atoms with Crippen molar-refractivity contribution in [3.05, 3.63) is 22.2 Å². The molecule has 0 fully saturated rings. The lowest BCUT2D eigenvalue weighted by atomic mass is 10.2. The van der Waals surface area contributed by atoms with E-state index in [2.05, 4.69) is 21.4 Å². The summed E-state index contributed by atoms with van der Waals surface area (Å²) in [7, 11) is 0. The van der Waals surface area contributed by atoms with Gasteiger partial charge < -0.3 is 14.7 Å². The highest BCUT2D eigenvalue weighted by Crippen LogP contribution is 2.38. The molecule has 1 aromatic rings. The Balaban J connectivity index is 2.36. The Bertz CT molecular complexity index is 343. The molecule has 76 valence electrons. The van der Waals surface area contributed by atoms with Crippen molar-refractivity contribution in [2.24, 2.45) is 0 Å². The van der Waals surface area contributed by atoms with Crippen LogP contribution in [0.5, 0.6) is 11.5 Å². The number of benzene rings is 1. The van der Waals surface area contributed by atoms with Crippen LogP contribution in [-0.2, 0) is 6.54 Å². The lowest BCUT2D eigenvalue weighted by Crippen LogP contribution is -2.16. The number of fused-ring (bicyclic) bond motifs is 1. The van der Waals surface area contributed by atoms with Crippen LogP contribution in [0.1, 0.15) is 5.56 Å². The van der Waals surface area contributed by atoms with Crippen LogP contribution in [0, 0.1) is 0 Å². The van der Waals surface area contributed by atoms with E-state index in [-0.39, 0.29) is 0 Å². The van der Waals surface area contributed by atoms with Gasteiger partial charge in [0.1, 0.15) is 13.2 Å². The summed E-state index contributed by atoms with van der Waals surface area (Å²) in [6, 6.07) is 3.74. The average Bonchev–Trinajstić information content (AvgIpc) is 2.18. The molecule has 0 atom stereocenters. The second kappa shape index (κ2) is 4.16. The third-order valence-corrected chi connectivity index (χ3v) is 2.53. The molecule has 1 aliphatic heterocycles. The van der Waals surface area contributed by atoms with Crippen LogP contribution in [0.15, 0.2) is 16.6 Å². The molecule has 0 aromatic heterocycles. The lowest BCUT2D eigenvalue weighted by molar-refractivity contribution is 0.159. The number of nitrogens with one attached hydrogen (secondary N) is 1. The Morgan fingerprint density at radius 2 is 2.14 bits per heavy atom. The van der Waals surface area contributed by atoms with Gasteiger partial charge in [-0.15, -0.1) is 0 Å². The van der Waals surface area contributed by atoms with Gasteiger partial charge in [0.2, 0.25) is 0 Å². The maximum absolute atomic E-state index is 8.58. The summed E-state index contributed by atoms with van der Waals surface area (Å²) in [6.45, 7) is 1.52. The third kappa shape index (κ3) is 1.84. The second-order valence-electron chi connectivity index (χ2n) is 2.94. The molecule has 0 saturated heterocycles. The summed E-state index contributed by atoms with van der Waals surface area (Å²) in [5, 5.41) is 8.58. The van der Waals surface area contributed by atoms with Crippen molar-refractivity contribution in [1.29, 1.82) is 0 Å². The average molecular weight is 260 g/mol. The summed E-state index contributed by atoms with van der Waals surface area (Å²) in [4.78, 5) is 0. The second-order valence-corrected chi connectivity index (χ2v) is 3.79. The van der Waals surface area contributed by atoms with E-state index in [0.717, 1.165) is 21.5 Å². The zero-order valence-electron chi connectivity index (χ0n) is 7.42. The molecule has 0 saturated carbocycles. The predicted molar refractivity (Wildman–Crippen MR) is 53.8 cm³/mol. The van der Waals surface area contributed by atoms with Crippen molar-refractivity contribution in [3.8, 4) is 11.5 Å². The first-order valence-electron chi connectivity index (χ1n) is 4.26. The molecule has 0 amide bonds. The normalized spacial score (nSPS) is 14.1. The van der Waals surface area contributed by atoms with Crippen LogP contribution in [0.4, 0.5) is 0 Å². The number of hydroxylamine groups is 1. The number of hydrogen-bond acceptors (Lipinski definition) is 4. The largest absolute Gasteiger partial charge is 0.486 e. The minimum atomic E-state index is 0.384. The fourth-order valence-electron chi connectivity index (χ4n) is 1.36. The minimum Gasteiger partial charge on any atom is -0.486 e. The summed E-state index contributed by atoms with van der Waals surface area (Å²) in [5.41, 5.74) is 3.03. The molecular formula is C9H10BrNO3. The molecular weight excluding hydrogens is 250 g/mol. The van der Waals surface area contributed by atoms with E-state index >= 15 is 0 Å². The van der Waals surface area contributed by atoms with Crippen LogP contribution >= 0.6 is 15.9 Å². The molecule has 2 rings (SSSR count). The molecule has 0 aliphatic carbocycles. The van der Waals surface area contributed by atoms with Crippen LogP contribution in [-0.4, -0.2) is 18.4 Å². The van der Waals surface area contributed by atoms with E-state index < -0.39 is 0 Å². The molecule has 0 unspecified atom stereocenters. The fourth-order valence-corrected chi connectivity index (χ4v) is 1.96. The standard InChI is InChI=1S/C9H10BrNO3/c10-7-3-6(5-11-12)4-8-9(7)14-2-1-13-8/h3-4,11-12H,1-2,5H2. The number of ether oxygens (including phenoxy) is 2. The molecule has 1 heterocycles. The summed E-state index contributed by atoms with van der Waals surface area (Å²) in [6.07, 6.45) is 0. The van der Waals surface area contributed by atoms with Gasteiger partial charge in [0.15, 0.2) is 11.5 Å². The highest BCUT2D eigenvalue weighted by molar-refractivity contribution is 9.10. The van der Waals surface area contributed by atoms with Crippen LogP contribution in [0.25, 0.3) is 0 Å². The quantitative estimate of drug-likeness (QED) is 0.794. The highest BCUT2D eigenvalue weighted by Gasteiger charge is 2.15. The molecule has 5 heteroatoms. The smallest absolute Gasteiger partial charge is 0.175 e. The molecule has 14 heavy (non-hydrogen) atoms. The van der Waals surface area contributed by atoms with E-state index in [1.165, 1.54) is 0 Å². The van der Waals surface area contributed by atoms with Crippen molar-refractivity contribution in [2.45, 2.75) is 6.54 Å². The Kier molecular flexibility index (Phi) is 2.90. The van der Waals surface area contributed by atoms with Crippen molar-refractivity contribution in [1.82, 2.24) is 5.48 Å². The van der Waals surface area contributed by atoms with E-state index in [0.29, 0.717) is 19.8 Å². The molecule has 1 aliphatic rings. The van der Waals surface area contributed by atoms with Gasteiger partial charge in [-0.1, -0.05) is 0 Å². The van der Waals surface area contributed by atoms with Gasteiger partial charge in [0.25, 0.3) is 0 Å². The van der Waals surface area contributed by atoms with Gasteiger partial charge in [-0.25, -0.2) is 5.48 Å². The van der Waals surface area contributed by atoms with Gasteiger partial charge >= 0.3 is 0 Å². The summed E-state index contributed by atoms with van der Waals surface area (Å²) in [5.74, 6) is 1.45. The van der Waals surface area contributed by atoms with Crippen LogP contribution in [0.3, 0.4) is 0 Å². The molecule has 1 aromatic carbocycles. The highest BCUT2D eigenvalue weighted by atomic mass is 79.9.